The van der Waals surface area contributed by atoms with Crippen molar-refractivity contribution in [2.24, 2.45) is 0 Å². The fraction of sp³-hybridized carbons (Fsp3) is 0.926. The molecule has 0 atom stereocenters. The van der Waals surface area contributed by atoms with Gasteiger partial charge in [-0.2, -0.15) is 17.6 Å². The second-order valence-electron chi connectivity index (χ2n) is 11.2. The Morgan fingerprint density at radius 3 is 1.15 bits per heavy atom. The molecule has 0 amide bonds. The van der Waals surface area contributed by atoms with Crippen LogP contribution in [-0.2, 0) is 25.0 Å². The summed E-state index contributed by atoms with van der Waals surface area (Å²) in [6, 6.07) is 0. The number of hydrogen-bond donors (Lipinski definition) is 0. The molecule has 2 aliphatic heterocycles. The molecule has 0 aromatic carbocycles. The number of Topliss-reactive ketones (excluding diaryl/α,β-unsaturated/α-hetero) is 1. The number of ketones is 1. The molecular formula is C27H52Cl2F8K2N4O7S2. The van der Waals surface area contributed by atoms with E-state index >= 15 is 0 Å². The number of likely N-dealkylation sites (N-methyl/N-ethyl adjacent to an activating group) is 2. The van der Waals surface area contributed by atoms with Crippen LogP contribution in [0.5, 0.6) is 0 Å². The molecule has 0 bridgehead atoms. The van der Waals surface area contributed by atoms with Gasteiger partial charge in [0.15, 0.2) is 20.2 Å². The van der Waals surface area contributed by atoms with Gasteiger partial charge in [-0.25, -0.2) is 34.4 Å². The van der Waals surface area contributed by atoms with Crippen LogP contribution in [0.15, 0.2) is 0 Å². The molecule has 306 valence electrons. The Bertz CT molecular complexity index is 1010. The Hall–Kier alpha value is 2.49. The number of nitrogens with zero attached hydrogens (tertiary/aromatic N) is 4. The van der Waals surface area contributed by atoms with E-state index in [1.807, 2.05) is 0 Å². The van der Waals surface area contributed by atoms with Crippen LogP contribution in [0.1, 0.15) is 72.1 Å². The molecule has 2 aliphatic rings. The Balaban J connectivity index is -0.0000000982. The largest absolute Gasteiger partial charge is 1.00 e. The van der Waals surface area contributed by atoms with Crippen LogP contribution in [0.4, 0.5) is 35.1 Å². The Kier molecular flexibility index (Phi) is 48.6. The number of unbranched alkanes of at least 4 members (excludes halogenated alkanes) is 6. The van der Waals surface area contributed by atoms with Gasteiger partial charge in [0.05, 0.1) is 26.7 Å². The molecule has 0 aliphatic carbocycles. The molecule has 2 heterocycles. The van der Waals surface area contributed by atoms with Crippen LogP contribution >= 0.6 is 12.4 Å². The average Bonchev–Trinajstić information content (AvgIpc) is 3.55. The van der Waals surface area contributed by atoms with Crippen molar-refractivity contribution < 1.29 is 181 Å². The summed E-state index contributed by atoms with van der Waals surface area (Å²) in [7, 11) is -8.08. The van der Waals surface area contributed by atoms with Gasteiger partial charge in [-0.05, 0) is 66.7 Å². The topological polar surface area (TPSA) is 144 Å². The molecule has 0 aromatic rings. The van der Waals surface area contributed by atoms with Gasteiger partial charge < -0.3 is 26.3 Å². The summed E-state index contributed by atoms with van der Waals surface area (Å²) in [6.07, 6.45) is 1.70. The summed E-state index contributed by atoms with van der Waals surface area (Å²) < 4.78 is 145. The third-order valence-corrected chi connectivity index (χ3v) is 7.90. The summed E-state index contributed by atoms with van der Waals surface area (Å²) in [5.41, 5.74) is 0. The minimum Gasteiger partial charge on any atom is -1.00 e. The summed E-state index contributed by atoms with van der Waals surface area (Å²) in [5, 5.41) is -11.0. The van der Waals surface area contributed by atoms with Gasteiger partial charge in [-0.3, -0.25) is 19.6 Å². The number of rotatable bonds is 14. The molecule has 0 N–H and O–H groups in total. The second-order valence-corrected chi connectivity index (χ2v) is 14.1. The average molecular weight is 910 g/mol. The molecular weight excluding hydrogens is 858 g/mol. The molecule has 0 aromatic heterocycles. The quantitative estimate of drug-likeness (QED) is 0.0557. The molecule has 11 nitrogen and oxygen atoms in total. The number of carbonyl (C=O) groups is 1. The van der Waals surface area contributed by atoms with Crippen LogP contribution in [0, 0.1) is 6.92 Å². The van der Waals surface area contributed by atoms with Crippen LogP contribution in [0.25, 0.3) is 0 Å². The van der Waals surface area contributed by atoms with Gasteiger partial charge in [0, 0.05) is 26.2 Å². The van der Waals surface area contributed by atoms with Crippen LogP contribution in [0.3, 0.4) is 0 Å². The Labute approximate surface area is 402 Å². The molecule has 2 fully saturated rings. The SMILES string of the molecule is CC(C)=O.CCCCCCN1CCN(C)C1.Cl.O=S(=O)([O-])C(F)(F)C(F)F.O=S(=O)([O-])C(F)(F)C(F)F.[CH2+]CCCCCN1CCN(C)C1.[Cl-].[K+].[K+]. The van der Waals surface area contributed by atoms with E-state index in [2.05, 4.69) is 47.5 Å². The Morgan fingerprint density at radius 1 is 0.692 bits per heavy atom. The molecule has 52 heavy (non-hydrogen) atoms. The van der Waals surface area contributed by atoms with Crippen molar-refractivity contribution in [3.05, 3.63) is 6.92 Å². The molecule has 0 spiro atoms. The maximum absolute atomic E-state index is 11.4. The third-order valence-electron chi connectivity index (χ3n) is 6.21. The molecule has 2 saturated heterocycles. The minimum absolute atomic E-state index is 0. The van der Waals surface area contributed by atoms with Gasteiger partial charge in [0.1, 0.15) is 5.78 Å². The van der Waals surface area contributed by atoms with Gasteiger partial charge in [0.2, 0.25) is 0 Å². The Morgan fingerprint density at radius 2 is 0.981 bits per heavy atom. The van der Waals surface area contributed by atoms with Gasteiger partial charge >= 0.3 is 126 Å². The van der Waals surface area contributed by atoms with E-state index in [-0.39, 0.29) is 133 Å². The first-order valence-corrected chi connectivity index (χ1v) is 17.9. The van der Waals surface area contributed by atoms with Crippen LogP contribution < -0.4 is 115 Å². The first-order valence-electron chi connectivity index (χ1n) is 15.1. The van der Waals surface area contributed by atoms with Crippen LogP contribution in [-0.4, -0.2) is 141 Å². The van der Waals surface area contributed by atoms with Crippen molar-refractivity contribution in [2.45, 2.75) is 95.5 Å². The van der Waals surface area contributed by atoms with Gasteiger partial charge in [0.25, 0.3) is 0 Å². The molecule has 25 heteroatoms. The van der Waals surface area contributed by atoms with E-state index in [0.717, 1.165) is 6.42 Å². The summed E-state index contributed by atoms with van der Waals surface area (Å²) in [6.45, 7) is 19.2. The van der Waals surface area contributed by atoms with E-state index in [1.54, 1.807) is 0 Å². The number of carbonyl (C=O) groups excluding carboxylic acids is 1. The van der Waals surface area contributed by atoms with E-state index in [1.165, 1.54) is 111 Å². The van der Waals surface area contributed by atoms with Crippen molar-refractivity contribution in [2.75, 3.05) is 66.7 Å². The maximum Gasteiger partial charge on any atom is 1.00 e. The molecule has 2 rings (SSSR count). The molecule has 0 saturated carbocycles. The van der Waals surface area contributed by atoms with E-state index in [4.69, 9.17) is 0 Å². The fourth-order valence-corrected chi connectivity index (χ4v) is 4.06. The predicted molar refractivity (Wildman–Crippen MR) is 171 cm³/mol. The first kappa shape index (κ1) is 69.1. The fourth-order valence-electron chi connectivity index (χ4n) is 3.62. The zero-order chi connectivity index (χ0) is 38.4. The van der Waals surface area contributed by atoms with Gasteiger partial charge in [-0.15, -0.1) is 12.4 Å². The molecule has 0 radical (unpaired) electrons. The van der Waals surface area contributed by atoms with Crippen LogP contribution in [0.2, 0.25) is 0 Å². The zero-order valence-electron chi connectivity index (χ0n) is 30.9. The predicted octanol–water partition coefficient (Wildman–Crippen LogP) is -3.83. The van der Waals surface area contributed by atoms with Gasteiger partial charge in [-0.1, -0.05) is 26.2 Å². The summed E-state index contributed by atoms with van der Waals surface area (Å²) in [5.74, 6) is 0.167. The second kappa shape index (κ2) is 36.6. The third kappa shape index (κ3) is 35.6. The zero-order valence-corrected chi connectivity index (χ0v) is 40.4. The van der Waals surface area contributed by atoms with Crippen molar-refractivity contribution in [1.29, 1.82) is 0 Å². The van der Waals surface area contributed by atoms with Crippen molar-refractivity contribution in [3.8, 4) is 0 Å². The first-order chi connectivity index (χ1) is 21.8. The standard InChI is InChI=1S/C10H22N2.C10H21N2.C3H6O.2C2H2F4O3S.2ClH.2K/c2*1-3-4-5-6-7-12-9-8-11(2)10-12;1-3(2)4;2*3-1(4)2(5,6)10(7,8)9;;;;/h3-10H2,1-2H3;1,3-10H2,2H3;1-2H3;2*1H,(H,7,8,9);2*1H;;/q;+1;;;;;;2*+1/p-3. The number of halogens is 10. The summed E-state index contributed by atoms with van der Waals surface area (Å²) in [4.78, 5) is 19.3. The number of alkyl halides is 8. The minimum atomic E-state index is -6.23. The maximum atomic E-state index is 11.4. The smallest absolute Gasteiger partial charge is 1.00 e. The van der Waals surface area contributed by atoms with E-state index in [0.29, 0.717) is 0 Å². The van der Waals surface area contributed by atoms with Crippen molar-refractivity contribution >= 4 is 38.4 Å². The van der Waals surface area contributed by atoms with Crippen molar-refractivity contribution in [3.63, 3.8) is 0 Å². The van der Waals surface area contributed by atoms with E-state index in [9.17, 15) is 65.9 Å². The van der Waals surface area contributed by atoms with E-state index < -0.39 is 43.6 Å². The molecule has 0 unspecified atom stereocenters. The monoisotopic (exact) mass is 908 g/mol. The van der Waals surface area contributed by atoms with Crippen molar-refractivity contribution in [1.82, 2.24) is 19.6 Å². The normalized spacial score (nSPS) is 15.4. The summed E-state index contributed by atoms with van der Waals surface area (Å²) >= 11 is 0. The number of hydrogen-bond acceptors (Lipinski definition) is 11.